The van der Waals surface area contributed by atoms with Crippen LogP contribution in [0.1, 0.15) is 37.5 Å². The molecule has 0 bridgehead atoms. The minimum absolute atomic E-state index is 0.200. The number of hydrogen-bond donors (Lipinski definition) is 2. The van der Waals surface area contributed by atoms with Crippen molar-refractivity contribution in [3.63, 3.8) is 0 Å². The van der Waals surface area contributed by atoms with E-state index in [0.29, 0.717) is 16.3 Å². The lowest BCUT2D eigenvalue weighted by Crippen LogP contribution is -2.29. The molecule has 6 nitrogen and oxygen atoms in total. The number of carboxylic acids is 1. The lowest BCUT2D eigenvalue weighted by Gasteiger charge is -2.18. The van der Waals surface area contributed by atoms with Crippen LogP contribution in [0.3, 0.4) is 0 Å². The molecule has 2 rings (SSSR count). The van der Waals surface area contributed by atoms with E-state index in [9.17, 15) is 14.7 Å². The highest BCUT2D eigenvalue weighted by Gasteiger charge is 2.21. The predicted molar refractivity (Wildman–Crippen MR) is 121 cm³/mol. The van der Waals surface area contributed by atoms with Gasteiger partial charge in [-0.05, 0) is 56.2 Å². The number of rotatable bonds is 10. The summed E-state index contributed by atoms with van der Waals surface area (Å²) >= 11 is 5.89. The molecule has 0 saturated heterocycles. The first-order valence-corrected chi connectivity index (χ1v) is 10.3. The van der Waals surface area contributed by atoms with Crippen molar-refractivity contribution in [3.8, 4) is 5.75 Å². The summed E-state index contributed by atoms with van der Waals surface area (Å²) in [4.78, 5) is 24.0. The molecule has 0 aliphatic heterocycles. The second-order valence-corrected chi connectivity index (χ2v) is 7.86. The second kappa shape index (κ2) is 11.5. The predicted octanol–water partition coefficient (Wildman–Crippen LogP) is 4.49. The molecule has 1 unspecified atom stereocenters. The van der Waals surface area contributed by atoms with E-state index in [1.807, 2.05) is 18.2 Å². The van der Waals surface area contributed by atoms with Crippen LogP contribution in [0, 0.1) is 0 Å². The highest BCUT2D eigenvalue weighted by atomic mass is 35.5. The fourth-order valence-corrected chi connectivity index (χ4v) is 3.15. The molecule has 166 valence electrons. The first-order valence-electron chi connectivity index (χ1n) is 9.95. The topological polar surface area (TPSA) is 84.9 Å². The van der Waals surface area contributed by atoms with Crippen molar-refractivity contribution >= 4 is 29.6 Å². The summed E-state index contributed by atoms with van der Waals surface area (Å²) in [6, 6.07) is 12.6. The van der Waals surface area contributed by atoms with Gasteiger partial charge in [-0.1, -0.05) is 35.9 Å². The monoisotopic (exact) mass is 445 g/mol. The highest BCUT2D eigenvalue weighted by Crippen LogP contribution is 2.22. The van der Waals surface area contributed by atoms with Crippen molar-refractivity contribution in [2.24, 2.45) is 0 Å². The zero-order valence-electron chi connectivity index (χ0n) is 18.1. The number of methoxy groups -OCH3 is 1. The van der Waals surface area contributed by atoms with E-state index in [0.717, 1.165) is 16.7 Å². The molecule has 0 saturated carbocycles. The van der Waals surface area contributed by atoms with Crippen LogP contribution >= 0.6 is 11.6 Å². The Hall–Kier alpha value is -2.83. The van der Waals surface area contributed by atoms with Crippen molar-refractivity contribution in [3.05, 3.63) is 69.8 Å². The number of halogens is 1. The summed E-state index contributed by atoms with van der Waals surface area (Å²) < 4.78 is 10.9. The Balaban J connectivity index is 2.10. The fraction of sp³-hybridized carbons (Fsp3) is 0.333. The number of hydrogen-bond acceptors (Lipinski definition) is 4. The third-order valence-corrected chi connectivity index (χ3v) is 4.78. The van der Waals surface area contributed by atoms with Crippen LogP contribution in [0.15, 0.2) is 48.0 Å². The largest absolute Gasteiger partial charge is 0.496 e. The van der Waals surface area contributed by atoms with Gasteiger partial charge in [0.2, 0.25) is 5.91 Å². The van der Waals surface area contributed by atoms with Crippen LogP contribution in [0.5, 0.6) is 5.75 Å². The lowest BCUT2D eigenvalue weighted by atomic mass is 10.0. The van der Waals surface area contributed by atoms with Crippen molar-refractivity contribution in [2.45, 2.75) is 45.9 Å². The zero-order valence-corrected chi connectivity index (χ0v) is 18.9. The summed E-state index contributed by atoms with van der Waals surface area (Å²) in [6.45, 7) is 5.57. The molecule has 1 amide bonds. The molecular formula is C24H28ClNO5. The average Bonchev–Trinajstić information content (AvgIpc) is 2.72. The Bertz CT molecular complexity index is 937. The van der Waals surface area contributed by atoms with E-state index < -0.39 is 12.1 Å². The molecule has 0 heterocycles. The molecule has 2 aromatic carbocycles. The lowest BCUT2D eigenvalue weighted by molar-refractivity contribution is -0.153. The van der Waals surface area contributed by atoms with Crippen molar-refractivity contribution in [2.75, 3.05) is 7.11 Å². The number of amides is 1. The first kappa shape index (κ1) is 24.4. The second-order valence-electron chi connectivity index (χ2n) is 7.42. The zero-order chi connectivity index (χ0) is 23.0. The molecule has 2 N–H and O–H groups in total. The van der Waals surface area contributed by atoms with Crippen LogP contribution < -0.4 is 10.1 Å². The maximum atomic E-state index is 12.5. The Kier molecular flexibility index (Phi) is 9.09. The average molecular weight is 446 g/mol. The van der Waals surface area contributed by atoms with E-state index in [4.69, 9.17) is 21.1 Å². The van der Waals surface area contributed by atoms with Crippen LogP contribution in [-0.4, -0.2) is 36.3 Å². The van der Waals surface area contributed by atoms with E-state index in [1.165, 1.54) is 0 Å². The molecule has 31 heavy (non-hydrogen) atoms. The molecular weight excluding hydrogens is 418 g/mol. The van der Waals surface area contributed by atoms with E-state index in [2.05, 4.69) is 5.32 Å². The van der Waals surface area contributed by atoms with Gasteiger partial charge in [0.15, 0.2) is 6.10 Å². The Morgan fingerprint density at radius 2 is 1.84 bits per heavy atom. The number of carbonyl (C=O) groups is 2. The number of nitrogens with one attached hydrogen (secondary N) is 1. The van der Waals surface area contributed by atoms with Gasteiger partial charge in [0, 0.05) is 29.1 Å². The quantitative estimate of drug-likeness (QED) is 0.526. The number of carbonyl (C=O) groups excluding carboxylic acids is 1. The van der Waals surface area contributed by atoms with E-state index >= 15 is 0 Å². The number of carboxylic acid groups (broad SMARTS) is 1. The van der Waals surface area contributed by atoms with Gasteiger partial charge >= 0.3 is 5.97 Å². The molecule has 7 heteroatoms. The minimum Gasteiger partial charge on any atom is -0.496 e. The van der Waals surface area contributed by atoms with Gasteiger partial charge in [-0.3, -0.25) is 4.79 Å². The maximum Gasteiger partial charge on any atom is 0.333 e. The normalized spacial score (nSPS) is 12.5. The van der Waals surface area contributed by atoms with Gasteiger partial charge in [-0.15, -0.1) is 0 Å². The molecule has 0 fully saturated rings. The van der Waals surface area contributed by atoms with E-state index in [1.54, 1.807) is 58.2 Å². The summed E-state index contributed by atoms with van der Waals surface area (Å²) in [6.07, 6.45) is 0.849. The molecule has 0 aliphatic rings. The van der Waals surface area contributed by atoms with Crippen LogP contribution in [-0.2, 0) is 27.3 Å². The fourth-order valence-electron chi connectivity index (χ4n) is 3.02. The van der Waals surface area contributed by atoms with Gasteiger partial charge in [0.05, 0.1) is 13.2 Å². The Morgan fingerprint density at radius 3 is 2.42 bits per heavy atom. The van der Waals surface area contributed by atoms with Crippen molar-refractivity contribution < 1.29 is 24.2 Å². The number of ether oxygens (including phenoxy) is 2. The van der Waals surface area contributed by atoms with Crippen LogP contribution in [0.2, 0.25) is 5.02 Å². The van der Waals surface area contributed by atoms with Gasteiger partial charge in [0.1, 0.15) is 5.75 Å². The minimum atomic E-state index is -1.01. The summed E-state index contributed by atoms with van der Waals surface area (Å²) in [5.41, 5.74) is 2.96. The van der Waals surface area contributed by atoms with Crippen molar-refractivity contribution in [1.82, 2.24) is 5.32 Å². The number of aliphatic carboxylic acids is 1. The maximum absolute atomic E-state index is 12.5. The van der Waals surface area contributed by atoms with Crippen molar-refractivity contribution in [1.29, 1.82) is 0 Å². The van der Waals surface area contributed by atoms with Gasteiger partial charge in [-0.25, -0.2) is 4.79 Å². The van der Waals surface area contributed by atoms with Crippen LogP contribution in [0.4, 0.5) is 0 Å². The third-order valence-electron chi connectivity index (χ3n) is 4.53. The van der Waals surface area contributed by atoms with Gasteiger partial charge in [0.25, 0.3) is 0 Å². The summed E-state index contributed by atoms with van der Waals surface area (Å²) in [5.74, 6) is -0.615. The molecule has 1 atom stereocenters. The molecule has 0 spiro atoms. The van der Waals surface area contributed by atoms with Crippen LogP contribution in [0.25, 0.3) is 6.08 Å². The number of benzene rings is 2. The third kappa shape index (κ3) is 7.74. The summed E-state index contributed by atoms with van der Waals surface area (Å²) in [5, 5.41) is 12.9. The molecule has 0 aromatic heterocycles. The SMILES string of the molecule is COc1ccc(CC(OC(C)C)C(=O)O)cc1CNC(=O)C(C)=Cc1ccc(Cl)cc1. The van der Waals surface area contributed by atoms with E-state index in [-0.39, 0.29) is 25.0 Å². The smallest absolute Gasteiger partial charge is 0.333 e. The molecule has 0 aliphatic carbocycles. The Labute approximate surface area is 187 Å². The Morgan fingerprint density at radius 1 is 1.16 bits per heavy atom. The van der Waals surface area contributed by atoms with Gasteiger partial charge in [-0.2, -0.15) is 0 Å². The van der Waals surface area contributed by atoms with Gasteiger partial charge < -0.3 is 19.9 Å². The first-order chi connectivity index (χ1) is 14.7. The standard InChI is InChI=1S/C24H28ClNO5/c1-15(2)31-22(24(28)29)13-18-7-10-21(30-4)19(12-18)14-26-23(27)16(3)11-17-5-8-20(25)9-6-17/h5-12,15,22H,13-14H2,1-4H3,(H,26,27)(H,28,29). The highest BCUT2D eigenvalue weighted by molar-refractivity contribution is 6.30. The molecule has 0 radical (unpaired) electrons. The molecule has 2 aromatic rings. The summed E-state index contributed by atoms with van der Waals surface area (Å²) in [7, 11) is 1.55.